The third-order valence-corrected chi connectivity index (χ3v) is 5.71. The summed E-state index contributed by atoms with van der Waals surface area (Å²) in [6.45, 7) is 1.71. The molecule has 6 nitrogen and oxygen atoms in total. The van der Waals surface area contributed by atoms with Crippen LogP contribution in [0, 0.1) is 6.92 Å². The molecule has 1 aromatic carbocycles. The van der Waals surface area contributed by atoms with Gasteiger partial charge in [-0.2, -0.15) is 0 Å². The van der Waals surface area contributed by atoms with Crippen LogP contribution >= 0.6 is 11.3 Å². The van der Waals surface area contributed by atoms with Crippen LogP contribution < -0.4 is 4.74 Å². The van der Waals surface area contributed by atoms with E-state index in [9.17, 15) is 9.90 Å². The average Bonchev–Trinajstić information content (AvgIpc) is 3.36. The van der Waals surface area contributed by atoms with Crippen molar-refractivity contribution in [3.8, 4) is 27.6 Å². The Morgan fingerprint density at radius 2 is 2.15 bits per heavy atom. The van der Waals surface area contributed by atoms with Gasteiger partial charge in [0.25, 0.3) is 0 Å². The van der Waals surface area contributed by atoms with E-state index in [1.54, 1.807) is 13.1 Å². The number of oxazole rings is 1. The maximum Gasteiger partial charge on any atom is 0.347 e. The number of carboxylic acid groups (broad SMARTS) is 1. The van der Waals surface area contributed by atoms with Crippen molar-refractivity contribution in [3.05, 3.63) is 41.4 Å². The Labute approximate surface area is 154 Å². The number of rotatable bonds is 5. The van der Waals surface area contributed by atoms with Crippen molar-refractivity contribution in [1.29, 1.82) is 0 Å². The van der Waals surface area contributed by atoms with Gasteiger partial charge in [0.05, 0.1) is 23.6 Å². The first-order chi connectivity index (χ1) is 12.6. The molecule has 4 rings (SSSR count). The highest BCUT2D eigenvalue weighted by Crippen LogP contribution is 2.38. The van der Waals surface area contributed by atoms with Crippen LogP contribution in [0.4, 0.5) is 0 Å². The highest BCUT2D eigenvalue weighted by atomic mass is 32.1. The van der Waals surface area contributed by atoms with E-state index >= 15 is 0 Å². The maximum atomic E-state index is 11.3. The molecule has 1 fully saturated rings. The molecule has 1 aliphatic rings. The molecule has 1 saturated carbocycles. The highest BCUT2D eigenvalue weighted by molar-refractivity contribution is 7.17. The van der Waals surface area contributed by atoms with E-state index in [0.29, 0.717) is 16.5 Å². The lowest BCUT2D eigenvalue weighted by Crippen LogP contribution is -2.11. The molecule has 0 radical (unpaired) electrons. The van der Waals surface area contributed by atoms with E-state index in [4.69, 9.17) is 9.15 Å². The minimum absolute atomic E-state index is 0.225. The van der Waals surface area contributed by atoms with Crippen LogP contribution in [-0.4, -0.2) is 27.1 Å². The number of benzene rings is 1. The van der Waals surface area contributed by atoms with E-state index in [1.807, 2.05) is 18.2 Å². The standard InChI is InChI=1S/C19H18N2O4S/c1-11-17(19(22)23)26-18(21-11)12-6-7-15(25-13-4-2-3-5-13)14(8-12)16-9-20-10-24-16/h6-10,13H,2-5H2,1H3,(H,22,23). The fourth-order valence-electron chi connectivity index (χ4n) is 3.21. The first-order valence-electron chi connectivity index (χ1n) is 8.52. The summed E-state index contributed by atoms with van der Waals surface area (Å²) in [6, 6.07) is 5.74. The minimum atomic E-state index is -0.956. The summed E-state index contributed by atoms with van der Waals surface area (Å²) < 4.78 is 11.7. The Kier molecular flexibility index (Phi) is 4.46. The number of hydrogen-bond donors (Lipinski definition) is 1. The molecule has 26 heavy (non-hydrogen) atoms. The smallest absolute Gasteiger partial charge is 0.347 e. The molecule has 0 unspecified atom stereocenters. The van der Waals surface area contributed by atoms with Gasteiger partial charge in [-0.05, 0) is 50.8 Å². The van der Waals surface area contributed by atoms with Crippen LogP contribution in [0.3, 0.4) is 0 Å². The van der Waals surface area contributed by atoms with Gasteiger partial charge in [-0.1, -0.05) is 0 Å². The molecule has 2 heterocycles. The molecule has 1 N–H and O–H groups in total. The van der Waals surface area contributed by atoms with Gasteiger partial charge in [-0.15, -0.1) is 11.3 Å². The topological polar surface area (TPSA) is 85.5 Å². The molecule has 3 aromatic rings. The van der Waals surface area contributed by atoms with E-state index < -0.39 is 5.97 Å². The normalized spacial score (nSPS) is 14.7. The van der Waals surface area contributed by atoms with Gasteiger partial charge < -0.3 is 14.3 Å². The summed E-state index contributed by atoms with van der Waals surface area (Å²) in [4.78, 5) is 20.0. The average molecular weight is 370 g/mol. The van der Waals surface area contributed by atoms with Gasteiger partial charge in [0.1, 0.15) is 15.6 Å². The van der Waals surface area contributed by atoms with Crippen molar-refractivity contribution in [2.24, 2.45) is 0 Å². The zero-order chi connectivity index (χ0) is 18.1. The summed E-state index contributed by atoms with van der Waals surface area (Å²) in [5.74, 6) is 0.415. The quantitative estimate of drug-likeness (QED) is 0.695. The molecule has 0 aliphatic heterocycles. The first-order valence-corrected chi connectivity index (χ1v) is 9.34. The van der Waals surface area contributed by atoms with Gasteiger partial charge in [-0.3, -0.25) is 0 Å². The summed E-state index contributed by atoms with van der Waals surface area (Å²) in [5, 5.41) is 9.92. The second-order valence-corrected chi connectivity index (χ2v) is 7.34. The highest BCUT2D eigenvalue weighted by Gasteiger charge is 2.21. The van der Waals surface area contributed by atoms with Crippen LogP contribution in [0.2, 0.25) is 0 Å². The number of nitrogens with zero attached hydrogens (tertiary/aromatic N) is 2. The number of ether oxygens (including phenoxy) is 1. The monoisotopic (exact) mass is 370 g/mol. The number of aryl methyl sites for hydroxylation is 1. The summed E-state index contributed by atoms with van der Waals surface area (Å²) >= 11 is 1.17. The van der Waals surface area contributed by atoms with Crippen molar-refractivity contribution in [2.45, 2.75) is 38.7 Å². The van der Waals surface area contributed by atoms with Crippen LogP contribution in [0.15, 0.2) is 35.2 Å². The van der Waals surface area contributed by atoms with Crippen LogP contribution in [0.1, 0.15) is 41.0 Å². The zero-order valence-corrected chi connectivity index (χ0v) is 15.1. The molecule has 134 valence electrons. The third kappa shape index (κ3) is 3.22. The summed E-state index contributed by atoms with van der Waals surface area (Å²) in [6.07, 6.45) is 7.76. The number of aromatic nitrogens is 2. The number of carboxylic acids is 1. The van der Waals surface area contributed by atoms with Gasteiger partial charge in [-0.25, -0.2) is 14.8 Å². The summed E-state index contributed by atoms with van der Waals surface area (Å²) in [7, 11) is 0. The molecule has 0 spiro atoms. The number of hydrogen-bond acceptors (Lipinski definition) is 6. The van der Waals surface area contributed by atoms with E-state index in [1.165, 1.54) is 30.6 Å². The lowest BCUT2D eigenvalue weighted by Gasteiger charge is -2.16. The Hall–Kier alpha value is -2.67. The Morgan fingerprint density at radius 3 is 2.81 bits per heavy atom. The van der Waals surface area contributed by atoms with Crippen molar-refractivity contribution >= 4 is 17.3 Å². The number of carbonyl (C=O) groups is 1. The van der Waals surface area contributed by atoms with Crippen LogP contribution in [-0.2, 0) is 0 Å². The van der Waals surface area contributed by atoms with E-state index in [2.05, 4.69) is 9.97 Å². The van der Waals surface area contributed by atoms with E-state index in [-0.39, 0.29) is 11.0 Å². The van der Waals surface area contributed by atoms with E-state index in [0.717, 1.165) is 29.7 Å². The van der Waals surface area contributed by atoms with Crippen LogP contribution in [0.5, 0.6) is 5.75 Å². The van der Waals surface area contributed by atoms with Gasteiger partial charge in [0, 0.05) is 5.56 Å². The molecule has 7 heteroatoms. The molecule has 0 saturated heterocycles. The number of aromatic carboxylic acids is 1. The van der Waals surface area contributed by atoms with Gasteiger partial charge in [0.2, 0.25) is 0 Å². The third-order valence-electron chi connectivity index (χ3n) is 4.51. The molecular formula is C19H18N2O4S. The summed E-state index contributed by atoms with van der Waals surface area (Å²) in [5.41, 5.74) is 2.15. The lowest BCUT2D eigenvalue weighted by molar-refractivity contribution is 0.0701. The predicted octanol–water partition coefficient (Wildman–Crippen LogP) is 4.79. The first kappa shape index (κ1) is 16.8. The van der Waals surface area contributed by atoms with Gasteiger partial charge >= 0.3 is 5.97 Å². The molecular weight excluding hydrogens is 352 g/mol. The van der Waals surface area contributed by atoms with Crippen molar-refractivity contribution in [3.63, 3.8) is 0 Å². The van der Waals surface area contributed by atoms with Crippen molar-refractivity contribution in [2.75, 3.05) is 0 Å². The largest absolute Gasteiger partial charge is 0.490 e. The molecule has 1 aliphatic carbocycles. The zero-order valence-electron chi connectivity index (χ0n) is 14.3. The SMILES string of the molecule is Cc1nc(-c2ccc(OC3CCCC3)c(-c3cnco3)c2)sc1C(=O)O. The molecule has 0 atom stereocenters. The fraction of sp³-hybridized carbons (Fsp3) is 0.316. The van der Waals surface area contributed by atoms with Crippen molar-refractivity contribution in [1.82, 2.24) is 9.97 Å². The van der Waals surface area contributed by atoms with Gasteiger partial charge in [0.15, 0.2) is 12.2 Å². The number of thiazole rings is 1. The molecule has 0 amide bonds. The predicted molar refractivity (Wildman–Crippen MR) is 97.6 cm³/mol. The molecule has 2 aromatic heterocycles. The second-order valence-electron chi connectivity index (χ2n) is 6.34. The fourth-order valence-corrected chi connectivity index (χ4v) is 4.11. The van der Waals surface area contributed by atoms with Crippen LogP contribution in [0.25, 0.3) is 21.9 Å². The maximum absolute atomic E-state index is 11.3. The lowest BCUT2D eigenvalue weighted by atomic mass is 10.1. The Morgan fingerprint density at radius 1 is 1.35 bits per heavy atom. The Balaban J connectivity index is 1.74. The second kappa shape index (κ2) is 6.92. The Bertz CT molecular complexity index is 927. The van der Waals surface area contributed by atoms with Crippen molar-refractivity contribution < 1.29 is 19.1 Å². The molecule has 0 bridgehead atoms. The minimum Gasteiger partial charge on any atom is -0.490 e.